The molecule has 1 aliphatic rings. The molecule has 0 unspecified atom stereocenters. The lowest BCUT2D eigenvalue weighted by atomic mass is 10.1. The van der Waals surface area contributed by atoms with E-state index < -0.39 is 0 Å². The third-order valence-corrected chi connectivity index (χ3v) is 4.53. The molecule has 3 aromatic rings. The quantitative estimate of drug-likeness (QED) is 0.747. The summed E-state index contributed by atoms with van der Waals surface area (Å²) in [6, 6.07) is 5.27. The third-order valence-electron chi connectivity index (χ3n) is 4.53. The molecule has 4 heterocycles. The van der Waals surface area contributed by atoms with Crippen LogP contribution in [0.2, 0.25) is 0 Å². The van der Waals surface area contributed by atoms with E-state index in [9.17, 15) is 4.79 Å². The van der Waals surface area contributed by atoms with Gasteiger partial charge in [-0.15, -0.1) is 0 Å². The van der Waals surface area contributed by atoms with Crippen LogP contribution in [0.25, 0.3) is 11.3 Å². The zero-order chi connectivity index (χ0) is 19.0. The minimum Gasteiger partial charge on any atom is -0.491 e. The van der Waals surface area contributed by atoms with Gasteiger partial charge in [0, 0.05) is 18.0 Å². The second-order valence-electron chi connectivity index (χ2n) is 6.10. The van der Waals surface area contributed by atoms with Gasteiger partial charge in [0.05, 0.1) is 48.6 Å². The van der Waals surface area contributed by atoms with Crippen LogP contribution >= 0.6 is 0 Å². The second kappa shape index (κ2) is 6.71. The van der Waals surface area contributed by atoms with Crippen LogP contribution in [0, 0.1) is 0 Å². The van der Waals surface area contributed by atoms with Crippen molar-refractivity contribution < 1.29 is 14.3 Å². The number of amides is 1. The molecular weight excluding hydrogens is 346 g/mol. The van der Waals surface area contributed by atoms with E-state index in [2.05, 4.69) is 15.2 Å². The molecule has 0 bridgehead atoms. The first-order valence-electron chi connectivity index (χ1n) is 8.64. The Bertz CT molecular complexity index is 987. The van der Waals surface area contributed by atoms with Crippen molar-refractivity contribution in [3.8, 4) is 22.9 Å². The molecule has 0 radical (unpaired) electrons. The van der Waals surface area contributed by atoms with Gasteiger partial charge in [0.2, 0.25) is 0 Å². The van der Waals surface area contributed by atoms with E-state index in [0.29, 0.717) is 23.8 Å². The molecule has 27 heavy (non-hydrogen) atoms. The summed E-state index contributed by atoms with van der Waals surface area (Å²) in [6.07, 6.45) is 5.02. The summed E-state index contributed by atoms with van der Waals surface area (Å²) in [6.45, 7) is 4.34. The summed E-state index contributed by atoms with van der Waals surface area (Å²) in [5, 5.41) is 6.67. The Labute approximate surface area is 156 Å². The Balaban J connectivity index is 1.72. The number of hydrogen-bond donors (Lipinski definition) is 1. The van der Waals surface area contributed by atoms with Gasteiger partial charge in [0.25, 0.3) is 11.8 Å². The van der Waals surface area contributed by atoms with Gasteiger partial charge in [0.1, 0.15) is 0 Å². The number of carbonyl (C=O) groups excluding carboxylic acids is 1. The Morgan fingerprint density at radius 1 is 1.30 bits per heavy atom. The fraction of sp³-hybridized carbons (Fsp3) is 0.263. The van der Waals surface area contributed by atoms with Crippen molar-refractivity contribution in [3.05, 3.63) is 48.0 Å². The lowest BCUT2D eigenvalue weighted by Gasteiger charge is -2.19. The number of fused-ring (bicyclic) bond motifs is 1. The van der Waals surface area contributed by atoms with Gasteiger partial charge in [-0.25, -0.2) is 9.97 Å². The van der Waals surface area contributed by atoms with E-state index in [1.54, 1.807) is 36.7 Å². The molecular formula is C19H19N5O3. The molecule has 1 N–H and O–H groups in total. The average Bonchev–Trinajstić information content (AvgIpc) is 3.29. The summed E-state index contributed by atoms with van der Waals surface area (Å²) in [7, 11) is 1.57. The molecule has 0 aromatic carbocycles. The van der Waals surface area contributed by atoms with Gasteiger partial charge in [-0.05, 0) is 32.0 Å². The van der Waals surface area contributed by atoms with E-state index in [0.717, 1.165) is 22.6 Å². The van der Waals surface area contributed by atoms with Gasteiger partial charge in [0.15, 0.2) is 5.75 Å². The SMILES string of the molecule is CCOc1ncc(-c2ccc3c(n2)[C@@H](C)N(c2cn[nH]c2)C3=O)cc1OC. The molecule has 1 amide bonds. The number of anilines is 1. The third kappa shape index (κ3) is 2.79. The Hall–Kier alpha value is -3.42. The van der Waals surface area contributed by atoms with E-state index in [1.165, 1.54) is 0 Å². The molecule has 0 fully saturated rings. The fourth-order valence-corrected chi connectivity index (χ4v) is 3.24. The summed E-state index contributed by atoms with van der Waals surface area (Å²) in [5.74, 6) is 0.903. The van der Waals surface area contributed by atoms with Crippen LogP contribution in [0.4, 0.5) is 5.69 Å². The molecule has 8 nitrogen and oxygen atoms in total. The van der Waals surface area contributed by atoms with Gasteiger partial charge in [-0.3, -0.25) is 14.8 Å². The first-order chi connectivity index (χ1) is 13.1. The number of ether oxygens (including phenoxy) is 2. The zero-order valence-corrected chi connectivity index (χ0v) is 15.3. The van der Waals surface area contributed by atoms with Crippen molar-refractivity contribution in [3.63, 3.8) is 0 Å². The zero-order valence-electron chi connectivity index (χ0n) is 15.3. The first kappa shape index (κ1) is 17.0. The minimum absolute atomic E-state index is 0.0830. The van der Waals surface area contributed by atoms with Gasteiger partial charge < -0.3 is 9.47 Å². The van der Waals surface area contributed by atoms with Crippen LogP contribution in [0.1, 0.15) is 35.9 Å². The van der Waals surface area contributed by atoms with Crippen LogP contribution < -0.4 is 14.4 Å². The van der Waals surface area contributed by atoms with Crippen molar-refractivity contribution in [1.29, 1.82) is 0 Å². The molecule has 8 heteroatoms. The summed E-state index contributed by atoms with van der Waals surface area (Å²) < 4.78 is 10.8. The highest BCUT2D eigenvalue weighted by atomic mass is 16.5. The molecule has 0 aliphatic carbocycles. The normalized spacial score (nSPS) is 15.7. The average molecular weight is 365 g/mol. The van der Waals surface area contributed by atoms with Crippen molar-refractivity contribution in [2.45, 2.75) is 19.9 Å². The monoisotopic (exact) mass is 365 g/mol. The van der Waals surface area contributed by atoms with E-state index in [1.807, 2.05) is 26.0 Å². The van der Waals surface area contributed by atoms with E-state index >= 15 is 0 Å². The Morgan fingerprint density at radius 3 is 2.85 bits per heavy atom. The lowest BCUT2D eigenvalue weighted by Crippen LogP contribution is -2.25. The van der Waals surface area contributed by atoms with Gasteiger partial charge in [-0.2, -0.15) is 5.10 Å². The van der Waals surface area contributed by atoms with Crippen molar-refractivity contribution >= 4 is 11.6 Å². The number of rotatable bonds is 5. The molecule has 0 saturated heterocycles. The molecule has 1 aliphatic heterocycles. The predicted molar refractivity (Wildman–Crippen MR) is 99.0 cm³/mol. The largest absolute Gasteiger partial charge is 0.491 e. The molecule has 0 saturated carbocycles. The topological polar surface area (TPSA) is 93.2 Å². The summed E-state index contributed by atoms with van der Waals surface area (Å²) in [5.41, 5.74) is 3.55. The van der Waals surface area contributed by atoms with E-state index in [4.69, 9.17) is 14.5 Å². The summed E-state index contributed by atoms with van der Waals surface area (Å²) >= 11 is 0. The summed E-state index contributed by atoms with van der Waals surface area (Å²) in [4.78, 5) is 23.5. The highest BCUT2D eigenvalue weighted by Crippen LogP contribution is 2.37. The molecule has 0 spiro atoms. The fourth-order valence-electron chi connectivity index (χ4n) is 3.24. The number of methoxy groups -OCH3 is 1. The molecule has 4 rings (SSSR count). The van der Waals surface area contributed by atoms with Crippen LogP contribution in [-0.2, 0) is 0 Å². The maximum atomic E-state index is 12.8. The van der Waals surface area contributed by atoms with Crippen LogP contribution in [0.5, 0.6) is 11.6 Å². The van der Waals surface area contributed by atoms with Gasteiger partial charge >= 0.3 is 0 Å². The van der Waals surface area contributed by atoms with E-state index in [-0.39, 0.29) is 11.9 Å². The van der Waals surface area contributed by atoms with Crippen molar-refractivity contribution in [2.75, 3.05) is 18.6 Å². The number of pyridine rings is 2. The number of nitrogens with one attached hydrogen (secondary N) is 1. The van der Waals surface area contributed by atoms with Gasteiger partial charge in [-0.1, -0.05) is 0 Å². The van der Waals surface area contributed by atoms with Crippen LogP contribution in [0.3, 0.4) is 0 Å². The maximum absolute atomic E-state index is 12.8. The number of aromatic amines is 1. The highest BCUT2D eigenvalue weighted by molar-refractivity contribution is 6.10. The minimum atomic E-state index is -0.192. The van der Waals surface area contributed by atoms with Crippen molar-refractivity contribution in [2.24, 2.45) is 0 Å². The van der Waals surface area contributed by atoms with Crippen LogP contribution in [0.15, 0.2) is 36.8 Å². The highest BCUT2D eigenvalue weighted by Gasteiger charge is 2.37. The standard InChI is InChI=1S/C19H19N5O3/c1-4-27-18-16(26-3)7-12(8-20-18)15-6-5-14-17(23-15)11(2)24(19(14)25)13-9-21-22-10-13/h5-11H,4H2,1-3H3,(H,21,22)/t11-/m1/s1. The predicted octanol–water partition coefficient (Wildman–Crippen LogP) is 3.00. The number of aromatic nitrogens is 4. The number of H-pyrrole nitrogens is 1. The van der Waals surface area contributed by atoms with Crippen molar-refractivity contribution in [1.82, 2.24) is 20.2 Å². The van der Waals surface area contributed by atoms with Crippen LogP contribution in [-0.4, -0.2) is 39.8 Å². The maximum Gasteiger partial charge on any atom is 0.260 e. The Kier molecular flexibility index (Phi) is 4.23. The molecule has 138 valence electrons. The Morgan fingerprint density at radius 2 is 2.15 bits per heavy atom. The lowest BCUT2D eigenvalue weighted by molar-refractivity contribution is 0.0992. The number of hydrogen-bond acceptors (Lipinski definition) is 6. The smallest absolute Gasteiger partial charge is 0.260 e. The number of carbonyl (C=O) groups is 1. The molecule has 3 aromatic heterocycles. The molecule has 1 atom stereocenters. The first-order valence-corrected chi connectivity index (χ1v) is 8.64. The second-order valence-corrected chi connectivity index (χ2v) is 6.10. The number of nitrogens with zero attached hydrogens (tertiary/aromatic N) is 4.